The SMILES string of the molecule is NC(CCl)=Nc1ccc2c(c1)ncn2C1CCCCC1. The molecule has 0 bridgehead atoms. The van der Waals surface area contributed by atoms with E-state index in [-0.39, 0.29) is 5.88 Å². The zero-order valence-electron chi connectivity index (χ0n) is 11.4. The third kappa shape index (κ3) is 2.66. The fourth-order valence-electron chi connectivity index (χ4n) is 2.94. The Bertz CT molecular complexity index is 626. The number of hydrogen-bond donors (Lipinski definition) is 1. The molecule has 0 amide bonds. The van der Waals surface area contributed by atoms with Gasteiger partial charge < -0.3 is 10.3 Å². The number of imidazole rings is 1. The number of alkyl halides is 1. The van der Waals surface area contributed by atoms with Crippen molar-refractivity contribution in [3.05, 3.63) is 24.5 Å². The van der Waals surface area contributed by atoms with Crippen LogP contribution in [0.1, 0.15) is 38.1 Å². The van der Waals surface area contributed by atoms with Gasteiger partial charge in [0.05, 0.1) is 28.9 Å². The predicted octanol–water partition coefficient (Wildman–Crippen LogP) is 3.77. The molecule has 1 aliphatic rings. The van der Waals surface area contributed by atoms with Gasteiger partial charge in [-0.05, 0) is 31.0 Å². The van der Waals surface area contributed by atoms with Crippen molar-refractivity contribution >= 4 is 34.2 Å². The molecular formula is C15H19ClN4. The molecule has 3 rings (SSSR count). The molecule has 0 aliphatic heterocycles. The van der Waals surface area contributed by atoms with Crippen molar-refractivity contribution in [2.45, 2.75) is 38.1 Å². The van der Waals surface area contributed by atoms with Gasteiger partial charge in [-0.1, -0.05) is 19.3 Å². The summed E-state index contributed by atoms with van der Waals surface area (Å²) in [6, 6.07) is 6.62. The van der Waals surface area contributed by atoms with E-state index in [2.05, 4.69) is 20.6 Å². The summed E-state index contributed by atoms with van der Waals surface area (Å²) in [6.07, 6.45) is 8.46. The molecule has 20 heavy (non-hydrogen) atoms. The number of aliphatic imine (C=N–C) groups is 1. The number of nitrogens with two attached hydrogens (primary N) is 1. The van der Waals surface area contributed by atoms with Gasteiger partial charge in [-0.2, -0.15) is 0 Å². The molecule has 2 N–H and O–H groups in total. The van der Waals surface area contributed by atoms with Crippen LogP contribution in [0.4, 0.5) is 5.69 Å². The minimum Gasteiger partial charge on any atom is -0.386 e. The molecule has 1 heterocycles. The second-order valence-corrected chi connectivity index (χ2v) is 5.62. The molecule has 0 radical (unpaired) electrons. The van der Waals surface area contributed by atoms with Gasteiger partial charge in [-0.25, -0.2) is 9.98 Å². The molecule has 0 spiro atoms. The summed E-state index contributed by atoms with van der Waals surface area (Å²) in [5, 5.41) is 0. The first-order valence-corrected chi connectivity index (χ1v) is 7.67. The van der Waals surface area contributed by atoms with E-state index in [1.165, 1.54) is 37.6 Å². The third-order valence-electron chi connectivity index (χ3n) is 3.94. The summed E-state index contributed by atoms with van der Waals surface area (Å²) in [4.78, 5) is 8.77. The summed E-state index contributed by atoms with van der Waals surface area (Å²) in [5.74, 6) is 0.673. The Balaban J connectivity index is 1.93. The first kappa shape index (κ1) is 13.4. The standard InChI is InChI=1S/C15H19ClN4/c16-9-15(17)19-11-6-7-14-13(8-11)18-10-20(14)12-4-2-1-3-5-12/h6-8,10,12H,1-5,9H2,(H2,17,19). The van der Waals surface area contributed by atoms with Gasteiger partial charge in [0.15, 0.2) is 0 Å². The van der Waals surface area contributed by atoms with E-state index in [0.717, 1.165) is 11.2 Å². The number of fused-ring (bicyclic) bond motifs is 1. The lowest BCUT2D eigenvalue weighted by molar-refractivity contribution is 0.359. The van der Waals surface area contributed by atoms with Crippen LogP contribution in [0.3, 0.4) is 0 Å². The highest BCUT2D eigenvalue weighted by Gasteiger charge is 2.17. The number of benzene rings is 1. The van der Waals surface area contributed by atoms with E-state index in [1.807, 2.05) is 18.5 Å². The molecular weight excluding hydrogens is 272 g/mol. The maximum absolute atomic E-state index is 5.66. The van der Waals surface area contributed by atoms with Gasteiger partial charge in [0.1, 0.15) is 5.84 Å². The Hall–Kier alpha value is -1.55. The average Bonchev–Trinajstić information content (AvgIpc) is 2.91. The Morgan fingerprint density at radius 3 is 2.90 bits per heavy atom. The first-order chi connectivity index (χ1) is 9.78. The van der Waals surface area contributed by atoms with Gasteiger partial charge in [0.2, 0.25) is 0 Å². The third-order valence-corrected chi connectivity index (χ3v) is 4.21. The van der Waals surface area contributed by atoms with Crippen LogP contribution in [-0.4, -0.2) is 21.3 Å². The van der Waals surface area contributed by atoms with Gasteiger partial charge in [-0.15, -0.1) is 11.6 Å². The largest absolute Gasteiger partial charge is 0.386 e. The molecule has 106 valence electrons. The van der Waals surface area contributed by atoms with Crippen LogP contribution in [0.2, 0.25) is 0 Å². The predicted molar refractivity (Wildman–Crippen MR) is 83.9 cm³/mol. The number of amidine groups is 1. The van der Waals surface area contributed by atoms with Crippen molar-refractivity contribution in [1.29, 1.82) is 0 Å². The number of nitrogens with zero attached hydrogens (tertiary/aromatic N) is 3. The van der Waals surface area contributed by atoms with Gasteiger partial charge in [0.25, 0.3) is 0 Å². The second-order valence-electron chi connectivity index (χ2n) is 5.35. The summed E-state index contributed by atoms with van der Waals surface area (Å²) in [5.41, 5.74) is 8.63. The Morgan fingerprint density at radius 2 is 2.15 bits per heavy atom. The molecule has 1 aromatic heterocycles. The Labute approximate surface area is 123 Å². The van der Waals surface area contributed by atoms with Crippen molar-refractivity contribution in [3.8, 4) is 0 Å². The van der Waals surface area contributed by atoms with Crippen LogP contribution in [0, 0.1) is 0 Å². The normalized spacial score (nSPS) is 17.8. The van der Waals surface area contributed by atoms with E-state index >= 15 is 0 Å². The van der Waals surface area contributed by atoms with Gasteiger partial charge in [-0.3, -0.25) is 0 Å². The Kier molecular flexibility index (Phi) is 3.92. The fraction of sp³-hybridized carbons (Fsp3) is 0.467. The van der Waals surface area contributed by atoms with E-state index in [0.29, 0.717) is 11.9 Å². The van der Waals surface area contributed by atoms with Gasteiger partial charge in [0, 0.05) is 6.04 Å². The quantitative estimate of drug-likeness (QED) is 0.531. The van der Waals surface area contributed by atoms with E-state index in [4.69, 9.17) is 17.3 Å². The zero-order valence-corrected chi connectivity index (χ0v) is 12.2. The lowest BCUT2D eigenvalue weighted by Gasteiger charge is -2.23. The second kappa shape index (κ2) is 5.83. The number of hydrogen-bond acceptors (Lipinski definition) is 2. The highest BCUT2D eigenvalue weighted by Crippen LogP contribution is 2.31. The van der Waals surface area contributed by atoms with Crippen LogP contribution >= 0.6 is 11.6 Å². The fourth-order valence-corrected chi connectivity index (χ4v) is 3.00. The van der Waals surface area contributed by atoms with Crippen LogP contribution in [-0.2, 0) is 0 Å². The minimum atomic E-state index is 0.245. The van der Waals surface area contributed by atoms with E-state index in [9.17, 15) is 0 Å². The molecule has 1 aliphatic carbocycles. The van der Waals surface area contributed by atoms with Gasteiger partial charge >= 0.3 is 0 Å². The number of aromatic nitrogens is 2. The molecule has 4 nitrogen and oxygen atoms in total. The van der Waals surface area contributed by atoms with Crippen LogP contribution in [0.15, 0.2) is 29.5 Å². The maximum Gasteiger partial charge on any atom is 0.115 e. The summed E-state index contributed by atoms with van der Waals surface area (Å²) >= 11 is 5.65. The number of rotatable bonds is 3. The smallest absolute Gasteiger partial charge is 0.115 e. The molecule has 5 heteroatoms. The molecule has 0 atom stereocenters. The molecule has 1 fully saturated rings. The van der Waals surface area contributed by atoms with Crippen LogP contribution in [0.5, 0.6) is 0 Å². The lowest BCUT2D eigenvalue weighted by atomic mass is 9.95. The van der Waals surface area contributed by atoms with E-state index < -0.39 is 0 Å². The maximum atomic E-state index is 5.66. The summed E-state index contributed by atoms with van der Waals surface area (Å²) in [7, 11) is 0. The molecule has 0 unspecified atom stereocenters. The van der Waals surface area contributed by atoms with Crippen molar-refractivity contribution < 1.29 is 0 Å². The molecule has 0 saturated heterocycles. The van der Waals surface area contributed by atoms with Crippen molar-refractivity contribution in [1.82, 2.24) is 9.55 Å². The highest BCUT2D eigenvalue weighted by molar-refractivity contribution is 6.28. The molecule has 1 aromatic carbocycles. The van der Waals surface area contributed by atoms with E-state index in [1.54, 1.807) is 0 Å². The van der Waals surface area contributed by atoms with Crippen LogP contribution in [0.25, 0.3) is 11.0 Å². The van der Waals surface area contributed by atoms with Crippen molar-refractivity contribution in [3.63, 3.8) is 0 Å². The highest BCUT2D eigenvalue weighted by atomic mass is 35.5. The summed E-state index contributed by atoms with van der Waals surface area (Å²) in [6.45, 7) is 0. The topological polar surface area (TPSA) is 56.2 Å². The molecule has 2 aromatic rings. The zero-order chi connectivity index (χ0) is 13.9. The minimum absolute atomic E-state index is 0.245. The molecule has 1 saturated carbocycles. The Morgan fingerprint density at radius 1 is 1.35 bits per heavy atom. The van der Waals surface area contributed by atoms with Crippen molar-refractivity contribution in [2.75, 3.05) is 5.88 Å². The van der Waals surface area contributed by atoms with Crippen molar-refractivity contribution in [2.24, 2.45) is 10.7 Å². The lowest BCUT2D eigenvalue weighted by Crippen LogP contribution is -2.12. The monoisotopic (exact) mass is 290 g/mol. The first-order valence-electron chi connectivity index (χ1n) is 7.13. The summed E-state index contributed by atoms with van der Waals surface area (Å²) < 4.78 is 2.31. The number of halogens is 1. The average molecular weight is 291 g/mol. The van der Waals surface area contributed by atoms with Crippen LogP contribution < -0.4 is 5.73 Å².